The molecule has 1 aromatic carbocycles. The highest BCUT2D eigenvalue weighted by molar-refractivity contribution is 7.15. The molecule has 0 saturated carbocycles. The number of nitrogens with zero attached hydrogens (tertiary/aromatic N) is 2. The average Bonchev–Trinajstić information content (AvgIpc) is 3.21. The van der Waals surface area contributed by atoms with Gasteiger partial charge in [0.05, 0.1) is 17.9 Å². The van der Waals surface area contributed by atoms with Gasteiger partial charge in [-0.3, -0.25) is 4.79 Å². The molecule has 0 fully saturated rings. The van der Waals surface area contributed by atoms with E-state index in [1.165, 1.54) is 35.6 Å². The molecule has 170 valence electrons. The van der Waals surface area contributed by atoms with Gasteiger partial charge < -0.3 is 14.6 Å². The van der Waals surface area contributed by atoms with Gasteiger partial charge in [-0.05, 0) is 70.0 Å². The van der Waals surface area contributed by atoms with Gasteiger partial charge >= 0.3 is 5.97 Å². The van der Waals surface area contributed by atoms with Crippen LogP contribution in [0.1, 0.15) is 44.7 Å². The number of anilines is 1. The SMILES string of the molecule is CCOC(=O)c1c(-n2c(C)cc(C=C(C#N)C(=O)Nc3ccccc3F)c2C)sc(C)c1C. The third-order valence-corrected chi connectivity index (χ3v) is 6.50. The molecule has 3 aromatic rings. The van der Waals surface area contributed by atoms with E-state index < -0.39 is 11.7 Å². The van der Waals surface area contributed by atoms with E-state index in [1.807, 2.05) is 44.4 Å². The van der Waals surface area contributed by atoms with Gasteiger partial charge in [-0.1, -0.05) is 12.1 Å². The molecule has 3 rings (SSSR count). The number of nitrogens with one attached hydrogen (secondary N) is 1. The number of rotatable bonds is 6. The number of benzene rings is 1. The summed E-state index contributed by atoms with van der Waals surface area (Å²) >= 11 is 1.48. The van der Waals surface area contributed by atoms with E-state index in [-0.39, 0.29) is 23.8 Å². The maximum absolute atomic E-state index is 13.9. The topological polar surface area (TPSA) is 84.1 Å². The second kappa shape index (κ2) is 9.84. The van der Waals surface area contributed by atoms with Crippen LogP contribution in [0, 0.1) is 44.8 Å². The van der Waals surface area contributed by atoms with Crippen LogP contribution in [0.15, 0.2) is 35.9 Å². The number of halogens is 1. The molecule has 0 aliphatic rings. The number of thiophene rings is 1. The standard InChI is InChI=1S/C25H24FN3O3S/c1-6-32-25(31)22-15(3)17(5)33-24(22)29-14(2)11-18(16(29)4)12-19(13-27)23(30)28-21-10-8-7-9-20(21)26/h7-12H,6H2,1-5H3,(H,28,30). The number of hydrogen-bond donors (Lipinski definition) is 1. The molecule has 2 aromatic heterocycles. The van der Waals surface area contributed by atoms with Crippen LogP contribution in [0.2, 0.25) is 0 Å². The summed E-state index contributed by atoms with van der Waals surface area (Å²) in [4.78, 5) is 26.3. The van der Waals surface area contributed by atoms with Crippen LogP contribution in [0.5, 0.6) is 0 Å². The first-order valence-electron chi connectivity index (χ1n) is 10.3. The number of nitriles is 1. The molecule has 0 unspecified atom stereocenters. The minimum atomic E-state index is -0.706. The van der Waals surface area contributed by atoms with Gasteiger partial charge in [0.15, 0.2) is 0 Å². The molecule has 0 bridgehead atoms. The first kappa shape index (κ1) is 24.0. The van der Waals surface area contributed by atoms with Crippen molar-refractivity contribution in [2.24, 2.45) is 0 Å². The van der Waals surface area contributed by atoms with Gasteiger partial charge in [0.1, 0.15) is 22.5 Å². The quantitative estimate of drug-likeness (QED) is 0.290. The lowest BCUT2D eigenvalue weighted by atomic mass is 10.1. The molecule has 1 amide bonds. The van der Waals surface area contributed by atoms with Gasteiger partial charge in [-0.25, -0.2) is 9.18 Å². The molecule has 0 aliphatic heterocycles. The van der Waals surface area contributed by atoms with Crippen LogP contribution in [0.3, 0.4) is 0 Å². The number of aryl methyl sites for hydroxylation is 2. The Balaban J connectivity index is 2.04. The molecule has 0 aliphatic carbocycles. The first-order chi connectivity index (χ1) is 15.7. The van der Waals surface area contributed by atoms with Crippen molar-refractivity contribution in [1.82, 2.24) is 4.57 Å². The van der Waals surface area contributed by atoms with E-state index in [4.69, 9.17) is 4.74 Å². The van der Waals surface area contributed by atoms with Crippen LogP contribution in [-0.4, -0.2) is 23.1 Å². The van der Waals surface area contributed by atoms with Gasteiger partial charge in [0.25, 0.3) is 5.91 Å². The highest BCUT2D eigenvalue weighted by atomic mass is 32.1. The number of para-hydroxylation sites is 1. The van der Waals surface area contributed by atoms with Crippen LogP contribution in [0.4, 0.5) is 10.1 Å². The molecule has 0 atom stereocenters. The summed E-state index contributed by atoms with van der Waals surface area (Å²) in [6.45, 7) is 9.60. The summed E-state index contributed by atoms with van der Waals surface area (Å²) in [6, 6.07) is 9.48. The summed E-state index contributed by atoms with van der Waals surface area (Å²) in [5.74, 6) is -1.68. The number of esters is 1. The molecule has 0 saturated heterocycles. The Morgan fingerprint density at radius 1 is 1.24 bits per heavy atom. The maximum atomic E-state index is 13.9. The molecule has 1 N–H and O–H groups in total. The van der Waals surface area contributed by atoms with E-state index in [2.05, 4.69) is 5.32 Å². The smallest absolute Gasteiger partial charge is 0.341 e. The fourth-order valence-corrected chi connectivity index (χ4v) is 4.77. The summed E-state index contributed by atoms with van der Waals surface area (Å²) in [5, 5.41) is 12.7. The predicted molar refractivity (Wildman–Crippen MR) is 127 cm³/mol. The highest BCUT2D eigenvalue weighted by Gasteiger charge is 2.24. The van der Waals surface area contributed by atoms with Gasteiger partial charge in [0.2, 0.25) is 0 Å². The molecular weight excluding hydrogens is 441 g/mol. The molecule has 6 nitrogen and oxygen atoms in total. The van der Waals surface area contributed by atoms with E-state index in [9.17, 15) is 19.2 Å². The fourth-order valence-electron chi connectivity index (χ4n) is 3.51. The lowest BCUT2D eigenvalue weighted by Gasteiger charge is -2.11. The highest BCUT2D eigenvalue weighted by Crippen LogP contribution is 2.35. The Morgan fingerprint density at radius 3 is 2.58 bits per heavy atom. The zero-order valence-electron chi connectivity index (χ0n) is 19.1. The Morgan fingerprint density at radius 2 is 1.94 bits per heavy atom. The largest absolute Gasteiger partial charge is 0.462 e. The number of carbonyl (C=O) groups is 2. The van der Waals surface area contributed by atoms with Gasteiger partial charge in [0, 0.05) is 16.3 Å². The zero-order chi connectivity index (χ0) is 24.3. The zero-order valence-corrected chi connectivity index (χ0v) is 19.9. The fraction of sp³-hybridized carbons (Fsp3) is 0.240. The number of carbonyl (C=O) groups excluding carboxylic acids is 2. The third kappa shape index (κ3) is 4.73. The summed E-state index contributed by atoms with van der Waals surface area (Å²) < 4.78 is 21.1. The van der Waals surface area contributed by atoms with Crippen molar-refractivity contribution >= 4 is 35.0 Å². The summed E-state index contributed by atoms with van der Waals surface area (Å²) in [7, 11) is 0. The Kier molecular flexibility index (Phi) is 7.14. The second-order valence-corrected chi connectivity index (χ2v) is 8.65. The average molecular weight is 466 g/mol. The minimum Gasteiger partial charge on any atom is -0.462 e. The van der Waals surface area contributed by atoms with Crippen molar-refractivity contribution in [3.05, 3.63) is 74.7 Å². The Labute approximate surface area is 195 Å². The maximum Gasteiger partial charge on any atom is 0.341 e. The van der Waals surface area contributed by atoms with Crippen molar-refractivity contribution in [1.29, 1.82) is 5.26 Å². The Bertz CT molecular complexity index is 1310. The van der Waals surface area contributed by atoms with Crippen molar-refractivity contribution < 1.29 is 18.7 Å². The van der Waals surface area contributed by atoms with Gasteiger partial charge in [-0.2, -0.15) is 5.26 Å². The summed E-state index contributed by atoms with van der Waals surface area (Å²) in [6.07, 6.45) is 1.46. The van der Waals surface area contributed by atoms with Crippen molar-refractivity contribution in [3.8, 4) is 11.1 Å². The second-order valence-electron chi connectivity index (χ2n) is 7.45. The van der Waals surface area contributed by atoms with Crippen LogP contribution in [0.25, 0.3) is 11.1 Å². The van der Waals surface area contributed by atoms with Crippen molar-refractivity contribution in [3.63, 3.8) is 0 Å². The van der Waals surface area contributed by atoms with Crippen molar-refractivity contribution in [2.45, 2.75) is 34.6 Å². The number of hydrogen-bond acceptors (Lipinski definition) is 5. The number of aromatic nitrogens is 1. The minimum absolute atomic E-state index is 0.00210. The van der Waals surface area contributed by atoms with E-state index in [1.54, 1.807) is 13.0 Å². The predicted octanol–water partition coefficient (Wildman–Crippen LogP) is 5.63. The normalized spacial score (nSPS) is 11.2. The van der Waals surface area contributed by atoms with E-state index in [0.717, 1.165) is 26.8 Å². The lowest BCUT2D eigenvalue weighted by Crippen LogP contribution is -2.14. The first-order valence-corrected chi connectivity index (χ1v) is 11.1. The van der Waals surface area contributed by atoms with Crippen LogP contribution in [-0.2, 0) is 9.53 Å². The monoisotopic (exact) mass is 465 g/mol. The molecule has 33 heavy (non-hydrogen) atoms. The van der Waals surface area contributed by atoms with E-state index >= 15 is 0 Å². The van der Waals surface area contributed by atoms with Gasteiger partial charge in [-0.15, -0.1) is 11.3 Å². The molecule has 0 radical (unpaired) electrons. The molecular formula is C25H24FN3O3S. The van der Waals surface area contributed by atoms with Crippen LogP contribution >= 0.6 is 11.3 Å². The Hall–Kier alpha value is -3.70. The van der Waals surface area contributed by atoms with Crippen LogP contribution < -0.4 is 5.32 Å². The number of amides is 1. The molecule has 8 heteroatoms. The summed E-state index contributed by atoms with van der Waals surface area (Å²) in [5.41, 5.74) is 3.43. The van der Waals surface area contributed by atoms with E-state index in [0.29, 0.717) is 11.1 Å². The molecule has 2 heterocycles. The van der Waals surface area contributed by atoms with Crippen molar-refractivity contribution in [2.75, 3.05) is 11.9 Å². The molecule has 0 spiro atoms. The lowest BCUT2D eigenvalue weighted by molar-refractivity contribution is -0.112. The number of ether oxygens (including phenoxy) is 1. The third-order valence-electron chi connectivity index (χ3n) is 5.31.